The van der Waals surface area contributed by atoms with Crippen molar-refractivity contribution in [2.24, 2.45) is 23.2 Å². The number of aromatic nitrogens is 2. The number of anilines is 1. The molecule has 0 unspecified atom stereocenters. The molecule has 3 aliphatic rings. The van der Waals surface area contributed by atoms with E-state index < -0.39 is 0 Å². The van der Waals surface area contributed by atoms with Crippen LogP contribution < -0.4 is 10.1 Å². The second-order valence-electron chi connectivity index (χ2n) is 11.5. The van der Waals surface area contributed by atoms with Crippen molar-refractivity contribution in [1.82, 2.24) is 10.2 Å². The number of phenols is 1. The number of aryl methyl sites for hydroxylation is 1. The third-order valence-electron chi connectivity index (χ3n) is 9.57. The average molecular weight is 502 g/mol. The van der Waals surface area contributed by atoms with Crippen LogP contribution in [0.3, 0.4) is 0 Å². The van der Waals surface area contributed by atoms with Gasteiger partial charge in [0.25, 0.3) is 0 Å². The van der Waals surface area contributed by atoms with Crippen molar-refractivity contribution in [1.29, 1.82) is 0 Å². The first-order valence-electron chi connectivity index (χ1n) is 13.5. The third-order valence-corrected chi connectivity index (χ3v) is 9.57. The lowest BCUT2D eigenvalue weighted by Gasteiger charge is -2.50. The zero-order valence-electron chi connectivity index (χ0n) is 21.5. The van der Waals surface area contributed by atoms with Crippen LogP contribution in [0, 0.1) is 23.2 Å². The molecule has 1 heterocycles. The first-order chi connectivity index (χ1) is 17.9. The number of carbonyl (C=O) groups excluding carboxylic acids is 2. The number of benzene rings is 2. The molecule has 0 bridgehead atoms. The lowest BCUT2D eigenvalue weighted by atomic mass is 9.54. The molecule has 3 aromatic rings. The number of nitrogens with zero attached hydrogens (tertiary/aromatic N) is 1. The summed E-state index contributed by atoms with van der Waals surface area (Å²) in [5.41, 5.74) is 3.92. The number of carbonyl (C=O) groups is 2. The molecule has 6 rings (SSSR count). The molecule has 0 spiro atoms. The van der Waals surface area contributed by atoms with Crippen LogP contribution >= 0.6 is 0 Å². The Morgan fingerprint density at radius 3 is 2.97 bits per heavy atom. The quantitative estimate of drug-likeness (QED) is 0.400. The number of aromatic hydroxyl groups is 1. The standard InChI is InChI=1S/C30H35N3O4/c1-30-11-10-21-22(9-7-17-12-25(34)26(37-2)15-23(17)21)29(30)18(13-27(30)35)4-3-5-28(36)32-20-8-6-19-16-31-33-24(19)14-20/h6,8,12,14-16,18,21-22,29,34H,3-5,7,9-11,13H2,1-2H3,(H,31,33)(H,32,36)/t18-,21-,22+,29-,30+/m0/s1. The number of aromatic amines is 1. The molecule has 0 aliphatic heterocycles. The third kappa shape index (κ3) is 4.09. The Hall–Kier alpha value is -3.35. The maximum Gasteiger partial charge on any atom is 0.224 e. The van der Waals surface area contributed by atoms with E-state index >= 15 is 0 Å². The second kappa shape index (κ2) is 9.19. The van der Waals surface area contributed by atoms with Crippen molar-refractivity contribution < 1.29 is 19.4 Å². The Morgan fingerprint density at radius 2 is 2.14 bits per heavy atom. The van der Waals surface area contributed by atoms with Crippen molar-refractivity contribution in [3.63, 3.8) is 0 Å². The zero-order chi connectivity index (χ0) is 25.7. The summed E-state index contributed by atoms with van der Waals surface area (Å²) < 4.78 is 5.42. The number of methoxy groups -OCH3 is 1. The van der Waals surface area contributed by atoms with E-state index in [2.05, 4.69) is 22.4 Å². The molecule has 2 saturated carbocycles. The number of hydrogen-bond donors (Lipinski definition) is 3. The molecule has 0 saturated heterocycles. The van der Waals surface area contributed by atoms with Crippen LogP contribution in [0.5, 0.6) is 11.5 Å². The molecule has 0 radical (unpaired) electrons. The van der Waals surface area contributed by atoms with Crippen molar-refractivity contribution in [2.75, 3.05) is 12.4 Å². The number of fused-ring (bicyclic) bond motifs is 6. The summed E-state index contributed by atoms with van der Waals surface area (Å²) in [5, 5.41) is 21.3. The number of amides is 1. The van der Waals surface area contributed by atoms with E-state index in [-0.39, 0.29) is 17.1 Å². The molecular formula is C30H35N3O4. The fourth-order valence-corrected chi connectivity index (χ4v) is 7.84. The van der Waals surface area contributed by atoms with Gasteiger partial charge in [0.2, 0.25) is 5.91 Å². The fourth-order valence-electron chi connectivity index (χ4n) is 7.84. The van der Waals surface area contributed by atoms with Crippen LogP contribution in [0.1, 0.15) is 68.9 Å². The molecule has 37 heavy (non-hydrogen) atoms. The van der Waals surface area contributed by atoms with Gasteiger partial charge >= 0.3 is 0 Å². The number of H-pyrrole nitrogens is 1. The highest BCUT2D eigenvalue weighted by molar-refractivity contribution is 5.93. The van der Waals surface area contributed by atoms with Crippen LogP contribution in [0.4, 0.5) is 5.69 Å². The van der Waals surface area contributed by atoms with Gasteiger partial charge in [-0.2, -0.15) is 5.10 Å². The normalized spacial score (nSPS) is 28.4. The van der Waals surface area contributed by atoms with Crippen LogP contribution in [-0.4, -0.2) is 34.1 Å². The van der Waals surface area contributed by atoms with Crippen molar-refractivity contribution in [3.8, 4) is 11.5 Å². The Labute approximate surface area is 217 Å². The Kier molecular flexibility index (Phi) is 5.97. The molecule has 1 amide bonds. The van der Waals surface area contributed by atoms with Crippen LogP contribution in [0.25, 0.3) is 10.9 Å². The van der Waals surface area contributed by atoms with Gasteiger partial charge in [-0.15, -0.1) is 0 Å². The first-order valence-corrected chi connectivity index (χ1v) is 13.5. The molecule has 194 valence electrons. The van der Waals surface area contributed by atoms with Crippen LogP contribution in [0.2, 0.25) is 0 Å². The van der Waals surface area contributed by atoms with Gasteiger partial charge in [0.15, 0.2) is 11.5 Å². The Bertz CT molecular complexity index is 1360. The summed E-state index contributed by atoms with van der Waals surface area (Å²) in [6, 6.07) is 9.64. The number of hydrogen-bond acceptors (Lipinski definition) is 5. The molecule has 7 heteroatoms. The van der Waals surface area contributed by atoms with Gasteiger partial charge in [0, 0.05) is 29.3 Å². The van der Waals surface area contributed by atoms with Gasteiger partial charge in [-0.1, -0.05) is 6.92 Å². The topological polar surface area (TPSA) is 104 Å². The summed E-state index contributed by atoms with van der Waals surface area (Å²) in [7, 11) is 1.59. The molecule has 5 atom stereocenters. The second-order valence-corrected chi connectivity index (χ2v) is 11.5. The van der Waals surface area contributed by atoms with Crippen molar-refractivity contribution >= 4 is 28.3 Å². The highest BCUT2D eigenvalue weighted by atomic mass is 16.5. The van der Waals surface area contributed by atoms with Gasteiger partial charge in [0.1, 0.15) is 5.78 Å². The number of ether oxygens (including phenoxy) is 1. The largest absolute Gasteiger partial charge is 0.504 e. The van der Waals surface area contributed by atoms with Gasteiger partial charge < -0.3 is 15.2 Å². The van der Waals surface area contributed by atoms with Gasteiger partial charge in [0.05, 0.1) is 18.8 Å². The number of rotatable bonds is 6. The molecule has 2 aromatic carbocycles. The smallest absolute Gasteiger partial charge is 0.224 e. The van der Waals surface area contributed by atoms with Crippen LogP contribution in [0.15, 0.2) is 36.5 Å². The highest BCUT2D eigenvalue weighted by Crippen LogP contribution is 2.62. The van der Waals surface area contributed by atoms with Crippen LogP contribution in [-0.2, 0) is 16.0 Å². The van der Waals surface area contributed by atoms with E-state index in [1.165, 1.54) is 11.1 Å². The van der Waals surface area contributed by atoms with E-state index in [9.17, 15) is 14.7 Å². The minimum atomic E-state index is -0.258. The maximum atomic E-state index is 13.3. The summed E-state index contributed by atoms with van der Waals surface area (Å²) in [4.78, 5) is 26.0. The number of phenolic OH excluding ortho intramolecular Hbond substituents is 1. The first kappa shape index (κ1) is 24.0. The van der Waals surface area contributed by atoms with E-state index in [1.807, 2.05) is 30.3 Å². The molecule has 1 aromatic heterocycles. The Balaban J connectivity index is 1.14. The van der Waals surface area contributed by atoms with E-state index in [1.54, 1.807) is 13.3 Å². The fraction of sp³-hybridized carbons (Fsp3) is 0.500. The minimum Gasteiger partial charge on any atom is -0.504 e. The molecular weight excluding hydrogens is 466 g/mol. The summed E-state index contributed by atoms with van der Waals surface area (Å²) in [6.07, 6.45) is 8.39. The lowest BCUT2D eigenvalue weighted by Crippen LogP contribution is -2.44. The molecule has 3 aliphatic carbocycles. The SMILES string of the molecule is COc1cc2c(cc1O)CC[C@H]1[C@@H]3[C@@H](CCCC(=O)Nc4ccc5cn[nH]c5c4)CC(=O)[C@@]3(C)CC[C@H]21. The van der Waals surface area contributed by atoms with Crippen molar-refractivity contribution in [2.45, 2.75) is 64.2 Å². The minimum absolute atomic E-state index is 0.00553. The van der Waals surface area contributed by atoms with Gasteiger partial charge in [-0.05, 0) is 104 Å². The summed E-state index contributed by atoms with van der Waals surface area (Å²) >= 11 is 0. The van der Waals surface area contributed by atoms with Gasteiger partial charge in [-0.3, -0.25) is 14.7 Å². The van der Waals surface area contributed by atoms with Crippen molar-refractivity contribution in [3.05, 3.63) is 47.7 Å². The van der Waals surface area contributed by atoms with E-state index in [0.717, 1.165) is 55.1 Å². The monoisotopic (exact) mass is 501 g/mol. The average Bonchev–Trinajstić information content (AvgIpc) is 3.45. The Morgan fingerprint density at radius 1 is 1.27 bits per heavy atom. The molecule has 3 N–H and O–H groups in total. The number of ketones is 1. The zero-order valence-corrected chi connectivity index (χ0v) is 21.5. The highest BCUT2D eigenvalue weighted by Gasteiger charge is 2.58. The lowest BCUT2D eigenvalue weighted by molar-refractivity contribution is -0.129. The maximum absolute atomic E-state index is 13.3. The summed E-state index contributed by atoms with van der Waals surface area (Å²) in [5.74, 6) is 2.66. The number of nitrogens with one attached hydrogen (secondary N) is 2. The van der Waals surface area contributed by atoms with E-state index in [0.29, 0.717) is 48.0 Å². The van der Waals surface area contributed by atoms with Gasteiger partial charge in [-0.25, -0.2) is 0 Å². The number of Topliss-reactive ketones (excluding diaryl/α,β-unsaturated/α-hetero) is 1. The summed E-state index contributed by atoms with van der Waals surface area (Å²) in [6.45, 7) is 2.20. The van der Waals surface area contributed by atoms with E-state index in [4.69, 9.17) is 4.74 Å². The predicted octanol–water partition coefficient (Wildman–Crippen LogP) is 5.74. The predicted molar refractivity (Wildman–Crippen MR) is 142 cm³/mol. The molecule has 7 nitrogen and oxygen atoms in total. The molecule has 2 fully saturated rings.